The summed E-state index contributed by atoms with van der Waals surface area (Å²) in [5.74, 6) is 0. The van der Waals surface area contributed by atoms with Crippen LogP contribution in [-0.4, -0.2) is 24.1 Å². The number of aliphatic imine (C=N–C) groups is 1. The number of hydrogen-bond acceptors (Lipinski definition) is 3. The van der Waals surface area contributed by atoms with E-state index in [9.17, 15) is 4.79 Å². The summed E-state index contributed by atoms with van der Waals surface area (Å²) in [7, 11) is 0. The SMILES string of the molecule is O=C=NC1(c2ccccc2CN2CCCC2)CC1. The molecule has 0 unspecified atom stereocenters. The summed E-state index contributed by atoms with van der Waals surface area (Å²) in [4.78, 5) is 17.1. The summed E-state index contributed by atoms with van der Waals surface area (Å²) < 4.78 is 0. The van der Waals surface area contributed by atoms with Crippen LogP contribution in [0.3, 0.4) is 0 Å². The van der Waals surface area contributed by atoms with Crippen LogP contribution in [0.2, 0.25) is 0 Å². The normalized spacial score (nSPS) is 21.6. The van der Waals surface area contributed by atoms with Crippen molar-refractivity contribution in [3.8, 4) is 0 Å². The van der Waals surface area contributed by atoms with Gasteiger partial charge in [-0.25, -0.2) is 4.79 Å². The topological polar surface area (TPSA) is 32.7 Å². The molecule has 0 spiro atoms. The zero-order valence-corrected chi connectivity index (χ0v) is 10.6. The van der Waals surface area contributed by atoms with E-state index in [0.29, 0.717) is 0 Å². The van der Waals surface area contributed by atoms with E-state index in [1.54, 1.807) is 6.08 Å². The molecule has 0 N–H and O–H groups in total. The Kier molecular flexibility index (Phi) is 3.02. The lowest BCUT2D eigenvalue weighted by atomic mass is 9.98. The van der Waals surface area contributed by atoms with Crippen molar-refractivity contribution >= 4 is 6.08 Å². The average Bonchev–Trinajstić information content (AvgIpc) is 2.98. The van der Waals surface area contributed by atoms with E-state index in [1.807, 2.05) is 6.07 Å². The van der Waals surface area contributed by atoms with Crippen molar-refractivity contribution in [1.29, 1.82) is 0 Å². The average molecular weight is 242 g/mol. The number of carbonyl (C=O) groups excluding carboxylic acids is 1. The third-order valence-electron chi connectivity index (χ3n) is 4.09. The molecule has 1 aromatic rings. The minimum atomic E-state index is -0.238. The van der Waals surface area contributed by atoms with Gasteiger partial charge in [0.05, 0.1) is 5.54 Å². The van der Waals surface area contributed by atoms with E-state index in [1.165, 1.54) is 37.1 Å². The third kappa shape index (κ3) is 2.12. The van der Waals surface area contributed by atoms with Gasteiger partial charge >= 0.3 is 0 Å². The largest absolute Gasteiger partial charge is 0.299 e. The lowest BCUT2D eigenvalue weighted by Gasteiger charge is -2.19. The van der Waals surface area contributed by atoms with Crippen LogP contribution < -0.4 is 0 Å². The van der Waals surface area contributed by atoms with Gasteiger partial charge in [0.25, 0.3) is 0 Å². The highest BCUT2D eigenvalue weighted by atomic mass is 16.1. The quantitative estimate of drug-likeness (QED) is 0.600. The monoisotopic (exact) mass is 242 g/mol. The van der Waals surface area contributed by atoms with Gasteiger partial charge < -0.3 is 0 Å². The van der Waals surface area contributed by atoms with E-state index in [-0.39, 0.29) is 5.54 Å². The van der Waals surface area contributed by atoms with E-state index in [0.717, 1.165) is 19.4 Å². The molecule has 1 aromatic carbocycles. The first-order valence-corrected chi connectivity index (χ1v) is 6.74. The Morgan fingerprint density at radius 3 is 2.61 bits per heavy atom. The van der Waals surface area contributed by atoms with Gasteiger partial charge in [-0.1, -0.05) is 24.3 Å². The lowest BCUT2D eigenvalue weighted by molar-refractivity contribution is 0.329. The van der Waals surface area contributed by atoms with Crippen molar-refractivity contribution in [2.45, 2.75) is 37.8 Å². The van der Waals surface area contributed by atoms with Gasteiger partial charge in [-0.05, 0) is 49.9 Å². The maximum absolute atomic E-state index is 10.6. The molecule has 1 heterocycles. The zero-order valence-electron chi connectivity index (χ0n) is 10.6. The molecule has 3 rings (SSSR count). The lowest BCUT2D eigenvalue weighted by Crippen LogP contribution is -2.20. The first-order valence-electron chi connectivity index (χ1n) is 6.74. The maximum atomic E-state index is 10.6. The molecule has 1 aliphatic carbocycles. The van der Waals surface area contributed by atoms with Crippen molar-refractivity contribution in [3.05, 3.63) is 35.4 Å². The van der Waals surface area contributed by atoms with E-state index in [2.05, 4.69) is 28.1 Å². The van der Waals surface area contributed by atoms with E-state index < -0.39 is 0 Å². The first kappa shape index (κ1) is 11.6. The summed E-state index contributed by atoms with van der Waals surface area (Å²) in [5, 5.41) is 0. The highest BCUT2D eigenvalue weighted by Gasteiger charge is 2.46. The fraction of sp³-hybridized carbons (Fsp3) is 0.533. The Morgan fingerprint density at radius 1 is 1.22 bits per heavy atom. The summed E-state index contributed by atoms with van der Waals surface area (Å²) in [6, 6.07) is 8.42. The molecule has 1 saturated heterocycles. The first-order chi connectivity index (χ1) is 8.84. The van der Waals surface area contributed by atoms with Gasteiger partial charge in [0.15, 0.2) is 0 Å². The third-order valence-corrected chi connectivity index (χ3v) is 4.09. The molecule has 0 bridgehead atoms. The van der Waals surface area contributed by atoms with Crippen LogP contribution >= 0.6 is 0 Å². The second-order valence-corrected chi connectivity index (χ2v) is 5.38. The summed E-state index contributed by atoms with van der Waals surface area (Å²) in [6.07, 6.45) is 6.33. The van der Waals surface area contributed by atoms with Gasteiger partial charge in [0.1, 0.15) is 0 Å². The summed E-state index contributed by atoms with van der Waals surface area (Å²) >= 11 is 0. The molecular weight excluding hydrogens is 224 g/mol. The molecule has 0 amide bonds. The molecule has 3 heteroatoms. The van der Waals surface area contributed by atoms with Crippen LogP contribution in [0.15, 0.2) is 29.3 Å². The second kappa shape index (κ2) is 4.68. The number of isocyanates is 1. The van der Waals surface area contributed by atoms with Gasteiger partial charge in [-0.2, -0.15) is 4.99 Å². The molecule has 94 valence electrons. The summed E-state index contributed by atoms with van der Waals surface area (Å²) in [5.41, 5.74) is 2.33. The summed E-state index contributed by atoms with van der Waals surface area (Å²) in [6.45, 7) is 3.38. The molecule has 3 nitrogen and oxygen atoms in total. The maximum Gasteiger partial charge on any atom is 0.235 e. The predicted molar refractivity (Wildman–Crippen MR) is 70.0 cm³/mol. The standard InChI is InChI=1S/C15H18N2O/c18-12-16-15(7-8-15)14-6-2-1-5-13(14)11-17-9-3-4-10-17/h1-2,5-6H,3-4,7-11H2. The highest BCUT2D eigenvalue weighted by Crippen LogP contribution is 2.50. The van der Waals surface area contributed by atoms with Crippen LogP contribution in [0, 0.1) is 0 Å². The minimum Gasteiger partial charge on any atom is -0.299 e. The Labute approximate surface area is 108 Å². The molecule has 2 fully saturated rings. The van der Waals surface area contributed by atoms with Crippen LogP contribution in [0.5, 0.6) is 0 Å². The number of nitrogens with zero attached hydrogens (tertiary/aromatic N) is 2. The number of benzene rings is 1. The van der Waals surface area contributed by atoms with Crippen molar-refractivity contribution < 1.29 is 4.79 Å². The smallest absolute Gasteiger partial charge is 0.235 e. The Bertz CT molecular complexity index is 481. The highest BCUT2D eigenvalue weighted by molar-refractivity contribution is 5.44. The second-order valence-electron chi connectivity index (χ2n) is 5.38. The van der Waals surface area contributed by atoms with E-state index >= 15 is 0 Å². The predicted octanol–water partition coefficient (Wildman–Crippen LogP) is 2.61. The van der Waals surface area contributed by atoms with E-state index in [4.69, 9.17) is 0 Å². The number of likely N-dealkylation sites (tertiary alicyclic amines) is 1. The molecule has 2 aliphatic rings. The van der Waals surface area contributed by atoms with Crippen LogP contribution in [0.1, 0.15) is 36.8 Å². The Balaban J connectivity index is 1.87. The molecule has 0 aromatic heterocycles. The number of rotatable bonds is 4. The number of hydrogen-bond donors (Lipinski definition) is 0. The van der Waals surface area contributed by atoms with Crippen molar-refractivity contribution in [3.63, 3.8) is 0 Å². The molecule has 18 heavy (non-hydrogen) atoms. The van der Waals surface area contributed by atoms with Gasteiger partial charge in [-0.3, -0.25) is 4.90 Å². The minimum absolute atomic E-state index is 0.238. The van der Waals surface area contributed by atoms with Crippen LogP contribution in [0.25, 0.3) is 0 Å². The fourth-order valence-corrected chi connectivity index (χ4v) is 2.94. The van der Waals surface area contributed by atoms with Crippen molar-refractivity contribution in [2.24, 2.45) is 4.99 Å². The van der Waals surface area contributed by atoms with Crippen LogP contribution in [-0.2, 0) is 16.9 Å². The molecular formula is C15H18N2O. The molecule has 1 saturated carbocycles. The Hall–Kier alpha value is -1.44. The van der Waals surface area contributed by atoms with Gasteiger partial charge in [-0.15, -0.1) is 0 Å². The zero-order chi connectivity index (χ0) is 12.4. The van der Waals surface area contributed by atoms with Gasteiger partial charge in [0.2, 0.25) is 6.08 Å². The van der Waals surface area contributed by atoms with Crippen molar-refractivity contribution in [1.82, 2.24) is 4.90 Å². The molecule has 0 atom stereocenters. The molecule has 0 radical (unpaired) electrons. The van der Waals surface area contributed by atoms with Crippen molar-refractivity contribution in [2.75, 3.05) is 13.1 Å². The molecule has 1 aliphatic heterocycles. The fourth-order valence-electron chi connectivity index (χ4n) is 2.94. The van der Waals surface area contributed by atoms with Crippen LogP contribution in [0.4, 0.5) is 0 Å². The van der Waals surface area contributed by atoms with Gasteiger partial charge in [0, 0.05) is 6.54 Å². The Morgan fingerprint density at radius 2 is 1.94 bits per heavy atom.